The molecule has 3 rings (SSSR count). The molecule has 1 aliphatic rings. The Balaban J connectivity index is 1.78. The molecule has 7 nitrogen and oxygen atoms in total. The molecule has 0 bridgehead atoms. The van der Waals surface area contributed by atoms with Gasteiger partial charge in [-0.2, -0.15) is 0 Å². The first-order valence-corrected chi connectivity index (χ1v) is 10.6. The van der Waals surface area contributed by atoms with Crippen molar-refractivity contribution in [1.29, 1.82) is 0 Å². The van der Waals surface area contributed by atoms with Gasteiger partial charge in [0.15, 0.2) is 6.17 Å². The number of carbonyl (C=O) groups excluding carboxylic acids is 1. The quantitative estimate of drug-likeness (QED) is 0.599. The number of hydrogen-bond acceptors (Lipinski definition) is 7. The monoisotopic (exact) mass is 468 g/mol. The predicted molar refractivity (Wildman–Crippen MR) is 115 cm³/mol. The van der Waals surface area contributed by atoms with Crippen LogP contribution in [0.25, 0.3) is 0 Å². The summed E-state index contributed by atoms with van der Waals surface area (Å²) in [6.45, 7) is 1.25. The van der Waals surface area contributed by atoms with E-state index in [1.165, 1.54) is 0 Å². The van der Waals surface area contributed by atoms with Gasteiger partial charge in [-0.05, 0) is 48.2 Å². The van der Waals surface area contributed by atoms with Crippen molar-refractivity contribution in [3.05, 3.63) is 64.2 Å². The molecule has 0 spiro atoms. The molecular weight excluding hydrogens is 443 g/mol. The highest BCUT2D eigenvalue weighted by Gasteiger charge is 2.46. The van der Waals surface area contributed by atoms with Crippen molar-refractivity contribution in [3.63, 3.8) is 0 Å². The van der Waals surface area contributed by atoms with E-state index >= 15 is 0 Å². The zero-order valence-electron chi connectivity index (χ0n) is 17.7. The lowest BCUT2D eigenvalue weighted by Crippen LogP contribution is -2.53. The molecule has 2 N–H and O–H groups in total. The molecule has 174 valence electrons. The Labute approximate surface area is 190 Å². The number of aliphatic hydroxyl groups is 2. The SMILES string of the molecule is CCOC(=O)OCC1OC(c2ccc(Cl)c(Cc3ccc(OC)cc3)c2)C(O)C(O)C1F. The van der Waals surface area contributed by atoms with Crippen molar-refractivity contribution in [3.8, 4) is 5.75 Å². The third-order valence-corrected chi connectivity index (χ3v) is 5.61. The van der Waals surface area contributed by atoms with E-state index in [1.54, 1.807) is 32.2 Å². The first-order valence-electron chi connectivity index (χ1n) is 10.2. The van der Waals surface area contributed by atoms with E-state index in [-0.39, 0.29) is 6.61 Å². The lowest BCUT2D eigenvalue weighted by Gasteiger charge is -2.39. The summed E-state index contributed by atoms with van der Waals surface area (Å²) in [5.41, 5.74) is 2.26. The van der Waals surface area contributed by atoms with Gasteiger partial charge >= 0.3 is 6.16 Å². The molecule has 9 heteroatoms. The number of ether oxygens (including phenoxy) is 4. The van der Waals surface area contributed by atoms with E-state index in [2.05, 4.69) is 4.74 Å². The number of alkyl halides is 1. The number of halogens is 2. The van der Waals surface area contributed by atoms with Crippen molar-refractivity contribution in [2.75, 3.05) is 20.3 Å². The third-order valence-electron chi connectivity index (χ3n) is 5.24. The van der Waals surface area contributed by atoms with Crippen LogP contribution in [0.5, 0.6) is 5.75 Å². The molecule has 5 unspecified atom stereocenters. The lowest BCUT2D eigenvalue weighted by atomic mass is 9.90. The van der Waals surface area contributed by atoms with Crippen LogP contribution in [0.15, 0.2) is 42.5 Å². The van der Waals surface area contributed by atoms with Gasteiger partial charge in [-0.3, -0.25) is 0 Å². The molecule has 0 aliphatic carbocycles. The van der Waals surface area contributed by atoms with Crippen molar-refractivity contribution in [1.82, 2.24) is 0 Å². The summed E-state index contributed by atoms with van der Waals surface area (Å²) in [5.74, 6) is 0.734. The number of aliphatic hydroxyl groups excluding tert-OH is 2. The molecule has 1 saturated heterocycles. The summed E-state index contributed by atoms with van der Waals surface area (Å²) in [4.78, 5) is 11.4. The summed E-state index contributed by atoms with van der Waals surface area (Å²) >= 11 is 6.37. The Kier molecular flexibility index (Phi) is 8.31. The Hall–Kier alpha value is -2.39. The minimum absolute atomic E-state index is 0.106. The summed E-state index contributed by atoms with van der Waals surface area (Å²) in [6, 6.07) is 12.5. The van der Waals surface area contributed by atoms with Gasteiger partial charge in [-0.25, -0.2) is 9.18 Å². The molecule has 1 fully saturated rings. The van der Waals surface area contributed by atoms with E-state index in [0.717, 1.165) is 16.9 Å². The summed E-state index contributed by atoms with van der Waals surface area (Å²) in [6.07, 6.45) is -7.95. The molecule has 2 aromatic rings. The van der Waals surface area contributed by atoms with Gasteiger partial charge in [-0.1, -0.05) is 35.9 Å². The van der Waals surface area contributed by atoms with Crippen LogP contribution in [-0.2, 0) is 20.6 Å². The zero-order chi connectivity index (χ0) is 23.3. The summed E-state index contributed by atoms with van der Waals surface area (Å²) in [5, 5.41) is 21.2. The summed E-state index contributed by atoms with van der Waals surface area (Å²) < 4.78 is 34.9. The molecule has 1 heterocycles. The molecule has 0 radical (unpaired) electrons. The van der Waals surface area contributed by atoms with Crippen molar-refractivity contribution in [2.45, 2.75) is 43.9 Å². The molecule has 32 heavy (non-hydrogen) atoms. The van der Waals surface area contributed by atoms with Crippen molar-refractivity contribution >= 4 is 17.8 Å². The van der Waals surface area contributed by atoms with E-state index in [0.29, 0.717) is 17.0 Å². The number of hydrogen-bond donors (Lipinski definition) is 2. The molecular formula is C23H26ClFO7. The molecule has 0 aromatic heterocycles. The predicted octanol–water partition coefficient (Wildman–Crippen LogP) is 3.61. The van der Waals surface area contributed by atoms with Gasteiger partial charge in [0.05, 0.1) is 13.7 Å². The van der Waals surface area contributed by atoms with Crippen LogP contribution in [0, 0.1) is 0 Å². The first kappa shape index (κ1) is 24.3. The van der Waals surface area contributed by atoms with Crippen LogP contribution in [0.3, 0.4) is 0 Å². The van der Waals surface area contributed by atoms with Crippen molar-refractivity contribution in [2.24, 2.45) is 0 Å². The minimum Gasteiger partial charge on any atom is -0.497 e. The second-order valence-electron chi connectivity index (χ2n) is 7.39. The third kappa shape index (κ3) is 5.69. The molecule has 2 aromatic carbocycles. The number of carbonyl (C=O) groups is 1. The van der Waals surface area contributed by atoms with Gasteiger partial charge in [0.1, 0.15) is 36.8 Å². The van der Waals surface area contributed by atoms with Crippen LogP contribution < -0.4 is 4.74 Å². The van der Waals surface area contributed by atoms with E-state index < -0.39 is 43.3 Å². The van der Waals surface area contributed by atoms with Gasteiger partial charge in [-0.15, -0.1) is 0 Å². The molecule has 0 saturated carbocycles. The van der Waals surface area contributed by atoms with Crippen LogP contribution in [0.1, 0.15) is 29.7 Å². The summed E-state index contributed by atoms with van der Waals surface area (Å²) in [7, 11) is 1.59. The normalized spacial score (nSPS) is 25.2. The zero-order valence-corrected chi connectivity index (χ0v) is 18.5. The van der Waals surface area contributed by atoms with Gasteiger partial charge in [0.25, 0.3) is 0 Å². The Morgan fingerprint density at radius 1 is 1.12 bits per heavy atom. The second kappa shape index (κ2) is 11.0. The van der Waals surface area contributed by atoms with Gasteiger partial charge < -0.3 is 29.2 Å². The van der Waals surface area contributed by atoms with Gasteiger partial charge in [0, 0.05) is 5.02 Å². The highest BCUT2D eigenvalue weighted by molar-refractivity contribution is 6.31. The molecule has 5 atom stereocenters. The van der Waals surface area contributed by atoms with Gasteiger partial charge in [0.2, 0.25) is 0 Å². The van der Waals surface area contributed by atoms with E-state index in [4.69, 9.17) is 25.8 Å². The molecule has 0 amide bonds. The average Bonchev–Trinajstić information content (AvgIpc) is 2.79. The number of methoxy groups -OCH3 is 1. The molecule has 1 aliphatic heterocycles. The van der Waals surface area contributed by atoms with Crippen LogP contribution in [-0.4, -0.2) is 61.2 Å². The minimum atomic E-state index is -1.94. The second-order valence-corrected chi connectivity index (χ2v) is 7.80. The Bertz CT molecular complexity index is 908. The fraction of sp³-hybridized carbons (Fsp3) is 0.435. The fourth-order valence-electron chi connectivity index (χ4n) is 3.52. The first-order chi connectivity index (χ1) is 15.3. The number of benzene rings is 2. The van der Waals surface area contributed by atoms with Crippen LogP contribution in [0.2, 0.25) is 5.02 Å². The van der Waals surface area contributed by atoms with Crippen LogP contribution in [0.4, 0.5) is 9.18 Å². The van der Waals surface area contributed by atoms with Crippen molar-refractivity contribution < 1.29 is 38.3 Å². The van der Waals surface area contributed by atoms with E-state index in [1.807, 2.05) is 24.3 Å². The topological polar surface area (TPSA) is 94.5 Å². The lowest BCUT2D eigenvalue weighted by molar-refractivity contribution is -0.215. The Morgan fingerprint density at radius 3 is 2.50 bits per heavy atom. The van der Waals surface area contributed by atoms with Crippen LogP contribution >= 0.6 is 11.6 Å². The fourth-order valence-corrected chi connectivity index (χ4v) is 3.70. The highest BCUT2D eigenvalue weighted by atomic mass is 35.5. The Morgan fingerprint density at radius 2 is 1.84 bits per heavy atom. The largest absolute Gasteiger partial charge is 0.508 e. The maximum absolute atomic E-state index is 14.5. The smallest absolute Gasteiger partial charge is 0.497 e. The maximum atomic E-state index is 14.5. The standard InChI is InChI=1S/C23H26ClFO7/c1-3-30-23(28)31-12-18-19(25)20(26)21(27)22(32-18)14-6-9-17(24)15(11-14)10-13-4-7-16(29-2)8-5-13/h4-9,11,18-22,26-27H,3,10,12H2,1-2H3. The maximum Gasteiger partial charge on any atom is 0.508 e. The highest BCUT2D eigenvalue weighted by Crippen LogP contribution is 2.35. The van der Waals surface area contributed by atoms with E-state index in [9.17, 15) is 19.4 Å². The number of rotatable bonds is 7. The average molecular weight is 469 g/mol.